The van der Waals surface area contributed by atoms with E-state index < -0.39 is 0 Å². The van der Waals surface area contributed by atoms with Gasteiger partial charge in [-0.05, 0) is 49.9 Å². The first-order chi connectivity index (χ1) is 9.54. The maximum Gasteiger partial charge on any atom is 0.0248 e. The molecule has 0 saturated heterocycles. The molecule has 0 nitrogen and oxygen atoms in total. The van der Waals surface area contributed by atoms with Crippen LogP contribution in [0.2, 0.25) is 0 Å². The molecule has 0 atom stereocenters. The fourth-order valence-electron chi connectivity index (χ4n) is 1.47. The number of hydrogen-bond acceptors (Lipinski definition) is 0. The first kappa shape index (κ1) is 20.8. The lowest BCUT2D eigenvalue weighted by Gasteiger charge is -2.07. The fourth-order valence-corrected chi connectivity index (χ4v) is 1.47. The molecule has 0 aliphatic carbocycles. The molecule has 0 bridgehead atoms. The van der Waals surface area contributed by atoms with Crippen molar-refractivity contribution in [3.63, 3.8) is 0 Å². The van der Waals surface area contributed by atoms with Gasteiger partial charge in [0.15, 0.2) is 0 Å². The van der Waals surface area contributed by atoms with E-state index in [1.807, 2.05) is 34.6 Å². The lowest BCUT2D eigenvalue weighted by Crippen LogP contribution is -1.90. The van der Waals surface area contributed by atoms with Crippen LogP contribution < -0.4 is 0 Å². The minimum absolute atomic E-state index is 0.606. The molecule has 0 radical (unpaired) electrons. The number of aryl methyl sites for hydroxylation is 1. The molecule has 0 saturated carbocycles. The molecule has 0 aliphatic heterocycles. The highest BCUT2D eigenvalue weighted by Gasteiger charge is 2.00. The van der Waals surface area contributed by atoms with Gasteiger partial charge in [0.1, 0.15) is 0 Å². The first-order valence-corrected chi connectivity index (χ1v) is 7.76. The lowest BCUT2D eigenvalue weighted by atomic mass is 9.98. The van der Waals surface area contributed by atoms with Gasteiger partial charge in [0.25, 0.3) is 0 Å². The fraction of sp³-hybridized carbons (Fsp3) is 0.500. The second-order valence-electron chi connectivity index (χ2n) is 4.49. The average molecular weight is 272 g/mol. The molecule has 20 heavy (non-hydrogen) atoms. The van der Waals surface area contributed by atoms with Crippen molar-refractivity contribution < 1.29 is 0 Å². The van der Waals surface area contributed by atoms with Crippen molar-refractivity contribution >= 4 is 6.08 Å². The van der Waals surface area contributed by atoms with Crippen LogP contribution in [0.1, 0.15) is 72.1 Å². The van der Waals surface area contributed by atoms with E-state index in [1.54, 1.807) is 0 Å². The molecular weight excluding hydrogens is 240 g/mol. The van der Waals surface area contributed by atoms with E-state index in [9.17, 15) is 0 Å². The Hall–Kier alpha value is -1.48. The zero-order valence-electron chi connectivity index (χ0n) is 14.9. The second kappa shape index (κ2) is 12.5. The predicted octanol–water partition coefficient (Wildman–Crippen LogP) is 6.48. The molecule has 0 unspecified atom stereocenters. The Balaban J connectivity index is 0. The Morgan fingerprint density at radius 3 is 2.05 bits per heavy atom. The van der Waals surface area contributed by atoms with Gasteiger partial charge in [-0.25, -0.2) is 0 Å². The molecule has 0 amide bonds. The third kappa shape index (κ3) is 7.85. The van der Waals surface area contributed by atoms with E-state index in [4.69, 9.17) is 0 Å². The highest BCUT2D eigenvalue weighted by atomic mass is 14.0. The van der Waals surface area contributed by atoms with Crippen molar-refractivity contribution in [1.29, 1.82) is 0 Å². The number of rotatable bonds is 2. The summed E-state index contributed by atoms with van der Waals surface area (Å²) in [5.74, 6) is 6.61. The maximum atomic E-state index is 3.08. The summed E-state index contributed by atoms with van der Waals surface area (Å²) >= 11 is 0. The molecular formula is C20H32. The van der Waals surface area contributed by atoms with E-state index in [2.05, 4.69) is 63.8 Å². The summed E-state index contributed by atoms with van der Waals surface area (Å²) in [5, 5.41) is 0. The minimum atomic E-state index is 0.606. The van der Waals surface area contributed by atoms with Gasteiger partial charge in [0.05, 0.1) is 0 Å². The highest BCUT2D eigenvalue weighted by Crippen LogP contribution is 2.17. The van der Waals surface area contributed by atoms with Crippen molar-refractivity contribution in [2.45, 2.75) is 62.3 Å². The third-order valence-electron chi connectivity index (χ3n) is 2.83. The van der Waals surface area contributed by atoms with Crippen LogP contribution in [0.5, 0.6) is 0 Å². The smallest absolute Gasteiger partial charge is 0.0248 e. The number of allylic oxidation sites excluding steroid dienone is 1. The lowest BCUT2D eigenvalue weighted by molar-refractivity contribution is 0.776. The molecule has 0 aliphatic rings. The summed E-state index contributed by atoms with van der Waals surface area (Å²) in [6.07, 6.45) is 2.27. The molecule has 0 heterocycles. The summed E-state index contributed by atoms with van der Waals surface area (Å²) in [6.45, 7) is 18.6. The molecule has 1 rings (SSSR count). The average Bonchev–Trinajstić information content (AvgIpc) is 2.46. The number of hydrogen-bond donors (Lipinski definition) is 0. The Kier molecular flexibility index (Phi) is 13.1. The van der Waals surface area contributed by atoms with E-state index in [-0.39, 0.29) is 0 Å². The predicted molar refractivity (Wildman–Crippen MR) is 94.9 cm³/mol. The van der Waals surface area contributed by atoms with Gasteiger partial charge in [0, 0.05) is 5.56 Å². The summed E-state index contributed by atoms with van der Waals surface area (Å²) in [7, 11) is 0. The van der Waals surface area contributed by atoms with Crippen LogP contribution in [0.3, 0.4) is 0 Å². The highest BCUT2D eigenvalue weighted by molar-refractivity contribution is 5.58. The van der Waals surface area contributed by atoms with Crippen LogP contribution >= 0.6 is 0 Å². The molecule has 0 fully saturated rings. The molecule has 0 heteroatoms. The van der Waals surface area contributed by atoms with Crippen LogP contribution in [-0.2, 0) is 0 Å². The Morgan fingerprint density at radius 2 is 1.65 bits per heavy atom. The van der Waals surface area contributed by atoms with E-state index in [0.717, 1.165) is 5.56 Å². The molecule has 0 N–H and O–H groups in total. The Bertz CT molecular complexity index is 451. The minimum Gasteiger partial charge on any atom is -0.101 e. The van der Waals surface area contributed by atoms with Crippen LogP contribution in [0.4, 0.5) is 0 Å². The van der Waals surface area contributed by atoms with Gasteiger partial charge in [-0.15, -0.1) is 5.92 Å². The van der Waals surface area contributed by atoms with E-state index in [1.165, 1.54) is 16.7 Å². The maximum absolute atomic E-state index is 3.08. The molecule has 112 valence electrons. The SMILES string of the molecule is CC.CC.CC#Cc1ccc(/C=C(\C)C(C)C)c(C)c1. The summed E-state index contributed by atoms with van der Waals surface area (Å²) in [6, 6.07) is 6.39. The summed E-state index contributed by atoms with van der Waals surface area (Å²) in [4.78, 5) is 0. The molecule has 0 spiro atoms. The zero-order valence-corrected chi connectivity index (χ0v) is 14.9. The van der Waals surface area contributed by atoms with Crippen LogP contribution in [0, 0.1) is 24.7 Å². The van der Waals surface area contributed by atoms with Crippen molar-refractivity contribution in [1.82, 2.24) is 0 Å². The van der Waals surface area contributed by atoms with Gasteiger partial charge in [-0.2, -0.15) is 0 Å². The second-order valence-corrected chi connectivity index (χ2v) is 4.49. The van der Waals surface area contributed by atoms with Gasteiger partial charge in [-0.3, -0.25) is 0 Å². The standard InChI is InChI=1S/C16H20.2C2H6/c1-6-7-15-8-9-16(14(5)10-15)11-13(4)12(2)3;2*1-2/h8-12H,1-5H3;2*1-2H3/b13-11+;;. The molecule has 0 aromatic heterocycles. The van der Waals surface area contributed by atoms with Crippen molar-refractivity contribution in [2.75, 3.05) is 0 Å². The topological polar surface area (TPSA) is 0 Å². The third-order valence-corrected chi connectivity index (χ3v) is 2.83. The normalized spacial score (nSPS) is 9.60. The van der Waals surface area contributed by atoms with Gasteiger partial charge in [0.2, 0.25) is 0 Å². The Morgan fingerprint density at radius 1 is 1.10 bits per heavy atom. The van der Waals surface area contributed by atoms with E-state index >= 15 is 0 Å². The Labute approximate surface area is 127 Å². The summed E-state index contributed by atoms with van der Waals surface area (Å²) < 4.78 is 0. The largest absolute Gasteiger partial charge is 0.101 e. The van der Waals surface area contributed by atoms with Crippen LogP contribution in [-0.4, -0.2) is 0 Å². The van der Waals surface area contributed by atoms with Gasteiger partial charge in [-0.1, -0.05) is 65.2 Å². The van der Waals surface area contributed by atoms with Crippen molar-refractivity contribution in [3.05, 3.63) is 40.5 Å². The quantitative estimate of drug-likeness (QED) is 0.541. The van der Waals surface area contributed by atoms with Crippen molar-refractivity contribution in [2.24, 2.45) is 5.92 Å². The summed E-state index contributed by atoms with van der Waals surface area (Å²) in [5.41, 5.74) is 5.10. The number of benzene rings is 1. The first-order valence-electron chi connectivity index (χ1n) is 7.76. The van der Waals surface area contributed by atoms with Gasteiger partial charge < -0.3 is 0 Å². The van der Waals surface area contributed by atoms with Crippen LogP contribution in [0.15, 0.2) is 23.8 Å². The zero-order chi connectivity index (χ0) is 16.1. The van der Waals surface area contributed by atoms with Crippen LogP contribution in [0.25, 0.3) is 6.08 Å². The molecule has 1 aromatic carbocycles. The van der Waals surface area contributed by atoms with E-state index in [0.29, 0.717) is 5.92 Å². The van der Waals surface area contributed by atoms with Crippen molar-refractivity contribution in [3.8, 4) is 11.8 Å². The van der Waals surface area contributed by atoms with Gasteiger partial charge >= 0.3 is 0 Å². The monoisotopic (exact) mass is 272 g/mol. The molecule has 1 aromatic rings.